The summed E-state index contributed by atoms with van der Waals surface area (Å²) < 4.78 is 0.586. The number of carboxylic acid groups (broad SMARTS) is 2. The van der Waals surface area contributed by atoms with Gasteiger partial charge in [-0.2, -0.15) is 0 Å². The summed E-state index contributed by atoms with van der Waals surface area (Å²) in [6.07, 6.45) is 1.08. The Morgan fingerprint density at radius 2 is 1.28 bits per heavy atom. The zero-order valence-electron chi connectivity index (χ0n) is 15.3. The van der Waals surface area contributed by atoms with Crippen LogP contribution in [-0.4, -0.2) is 34.0 Å². The molecule has 8 nitrogen and oxygen atoms in total. The Hall–Kier alpha value is -3.20. The van der Waals surface area contributed by atoms with Gasteiger partial charge in [0.15, 0.2) is 0 Å². The highest BCUT2D eigenvalue weighted by Crippen LogP contribution is 2.21. The van der Waals surface area contributed by atoms with E-state index in [4.69, 9.17) is 5.11 Å². The SMILES string of the molecule is O=C(CCCCC(=O)Nc1ccc(Br)cc1C(=O)O)Nc1ccccc1C(=O)O. The summed E-state index contributed by atoms with van der Waals surface area (Å²) in [4.78, 5) is 46.4. The van der Waals surface area contributed by atoms with Crippen LogP contribution < -0.4 is 10.6 Å². The second-order valence-corrected chi connectivity index (χ2v) is 7.06. The van der Waals surface area contributed by atoms with Crippen molar-refractivity contribution in [1.29, 1.82) is 0 Å². The van der Waals surface area contributed by atoms with Crippen LogP contribution in [0.15, 0.2) is 46.9 Å². The van der Waals surface area contributed by atoms with Gasteiger partial charge in [0.1, 0.15) is 0 Å². The molecule has 0 atom stereocenters. The average molecular weight is 463 g/mol. The molecule has 2 amide bonds. The van der Waals surface area contributed by atoms with Crippen molar-refractivity contribution >= 4 is 51.1 Å². The van der Waals surface area contributed by atoms with Crippen LogP contribution in [0.25, 0.3) is 0 Å². The molecular formula is C20H19BrN2O6. The Labute approximate surface area is 175 Å². The van der Waals surface area contributed by atoms with Gasteiger partial charge >= 0.3 is 11.9 Å². The number of carbonyl (C=O) groups excluding carboxylic acids is 2. The number of carboxylic acids is 2. The number of hydrogen-bond acceptors (Lipinski definition) is 4. The molecule has 0 radical (unpaired) electrons. The molecule has 152 valence electrons. The van der Waals surface area contributed by atoms with Gasteiger partial charge < -0.3 is 20.8 Å². The number of benzene rings is 2. The van der Waals surface area contributed by atoms with Gasteiger partial charge in [0.25, 0.3) is 0 Å². The van der Waals surface area contributed by atoms with E-state index in [-0.39, 0.29) is 47.2 Å². The zero-order chi connectivity index (χ0) is 21.4. The van der Waals surface area contributed by atoms with Gasteiger partial charge in [0.05, 0.1) is 22.5 Å². The fraction of sp³-hybridized carbons (Fsp3) is 0.200. The summed E-state index contributed by atoms with van der Waals surface area (Å²) in [6, 6.07) is 10.6. The van der Waals surface area contributed by atoms with Crippen molar-refractivity contribution in [2.24, 2.45) is 0 Å². The smallest absolute Gasteiger partial charge is 0.337 e. The molecule has 0 aromatic heterocycles. The maximum absolute atomic E-state index is 12.0. The van der Waals surface area contributed by atoms with Crippen molar-refractivity contribution in [3.05, 3.63) is 58.1 Å². The zero-order valence-corrected chi connectivity index (χ0v) is 16.9. The van der Waals surface area contributed by atoms with Crippen LogP contribution in [0, 0.1) is 0 Å². The third kappa shape index (κ3) is 6.72. The molecule has 0 spiro atoms. The molecule has 0 aliphatic carbocycles. The van der Waals surface area contributed by atoms with Crippen LogP contribution in [0.2, 0.25) is 0 Å². The number of amides is 2. The summed E-state index contributed by atoms with van der Waals surface area (Å²) in [5, 5.41) is 23.4. The summed E-state index contributed by atoms with van der Waals surface area (Å²) in [5.74, 6) is -2.99. The molecule has 2 rings (SSSR count). The van der Waals surface area contributed by atoms with Crippen LogP contribution >= 0.6 is 15.9 Å². The first-order valence-electron chi connectivity index (χ1n) is 8.73. The number of aromatic carboxylic acids is 2. The molecule has 29 heavy (non-hydrogen) atoms. The van der Waals surface area contributed by atoms with E-state index in [0.29, 0.717) is 17.3 Å². The number of nitrogens with one attached hydrogen (secondary N) is 2. The quantitative estimate of drug-likeness (QED) is 0.416. The van der Waals surface area contributed by atoms with Crippen molar-refractivity contribution in [3.63, 3.8) is 0 Å². The lowest BCUT2D eigenvalue weighted by molar-refractivity contribution is -0.118. The number of rotatable bonds is 9. The number of unbranched alkanes of at least 4 members (excludes halogenated alkanes) is 1. The Kier molecular flexibility index (Phi) is 7.90. The van der Waals surface area contributed by atoms with Crippen LogP contribution in [0.1, 0.15) is 46.4 Å². The monoisotopic (exact) mass is 462 g/mol. The topological polar surface area (TPSA) is 133 Å². The molecule has 0 saturated carbocycles. The van der Waals surface area contributed by atoms with Gasteiger partial charge in [0, 0.05) is 17.3 Å². The summed E-state index contributed by atoms with van der Waals surface area (Å²) >= 11 is 3.19. The molecule has 4 N–H and O–H groups in total. The van der Waals surface area contributed by atoms with E-state index in [1.165, 1.54) is 24.3 Å². The number of halogens is 1. The summed E-state index contributed by atoms with van der Waals surface area (Å²) in [7, 11) is 0. The molecule has 2 aromatic rings. The highest BCUT2D eigenvalue weighted by atomic mass is 79.9. The van der Waals surface area contributed by atoms with Crippen molar-refractivity contribution in [2.45, 2.75) is 25.7 Å². The van der Waals surface area contributed by atoms with Crippen LogP contribution in [0.5, 0.6) is 0 Å². The molecule has 0 bridgehead atoms. The minimum Gasteiger partial charge on any atom is -0.478 e. The van der Waals surface area contributed by atoms with Crippen molar-refractivity contribution < 1.29 is 29.4 Å². The molecule has 0 fully saturated rings. The third-order valence-corrected chi connectivity index (χ3v) is 4.47. The van der Waals surface area contributed by atoms with Crippen LogP contribution in [-0.2, 0) is 9.59 Å². The first-order chi connectivity index (χ1) is 13.8. The standard InChI is InChI=1S/C20H19BrN2O6/c21-12-9-10-16(14(11-12)20(28)29)23-18(25)8-4-3-7-17(24)22-15-6-2-1-5-13(15)19(26)27/h1-2,5-6,9-11H,3-4,7-8H2,(H,22,24)(H,23,25)(H,26,27)(H,28,29). The highest BCUT2D eigenvalue weighted by molar-refractivity contribution is 9.10. The molecule has 2 aromatic carbocycles. The minimum atomic E-state index is -1.15. The van der Waals surface area contributed by atoms with E-state index in [1.807, 2.05) is 0 Å². The van der Waals surface area contributed by atoms with E-state index in [2.05, 4.69) is 26.6 Å². The summed E-state index contributed by atoms with van der Waals surface area (Å²) in [5.41, 5.74) is 0.404. The molecule has 0 heterocycles. The number of anilines is 2. The Bertz CT molecular complexity index is 944. The number of carbonyl (C=O) groups is 4. The van der Waals surface area contributed by atoms with Gasteiger partial charge in [-0.3, -0.25) is 9.59 Å². The van der Waals surface area contributed by atoms with Gasteiger partial charge in [-0.25, -0.2) is 9.59 Å². The van der Waals surface area contributed by atoms with Gasteiger partial charge in [-0.15, -0.1) is 0 Å². The predicted octanol–water partition coefficient (Wildman–Crippen LogP) is 3.98. The first-order valence-corrected chi connectivity index (χ1v) is 9.52. The van der Waals surface area contributed by atoms with Gasteiger partial charge in [-0.05, 0) is 43.2 Å². The molecule has 0 aliphatic heterocycles. The lowest BCUT2D eigenvalue weighted by Crippen LogP contribution is -2.16. The van der Waals surface area contributed by atoms with Crippen molar-refractivity contribution in [2.75, 3.05) is 10.6 Å². The van der Waals surface area contributed by atoms with E-state index in [9.17, 15) is 24.3 Å². The Morgan fingerprint density at radius 3 is 1.83 bits per heavy atom. The van der Waals surface area contributed by atoms with Gasteiger partial charge in [0.2, 0.25) is 11.8 Å². The predicted molar refractivity (Wildman–Crippen MR) is 110 cm³/mol. The largest absolute Gasteiger partial charge is 0.478 e. The second-order valence-electron chi connectivity index (χ2n) is 6.15. The molecule has 0 unspecified atom stereocenters. The van der Waals surface area contributed by atoms with E-state index in [0.717, 1.165) is 0 Å². The highest BCUT2D eigenvalue weighted by Gasteiger charge is 2.14. The van der Waals surface area contributed by atoms with Crippen molar-refractivity contribution in [1.82, 2.24) is 0 Å². The Balaban J connectivity index is 1.79. The molecule has 9 heteroatoms. The Morgan fingerprint density at radius 1 is 0.759 bits per heavy atom. The fourth-order valence-electron chi connectivity index (χ4n) is 2.58. The van der Waals surface area contributed by atoms with E-state index in [1.54, 1.807) is 18.2 Å². The van der Waals surface area contributed by atoms with E-state index >= 15 is 0 Å². The van der Waals surface area contributed by atoms with Crippen LogP contribution in [0.3, 0.4) is 0 Å². The fourth-order valence-corrected chi connectivity index (χ4v) is 2.94. The second kappa shape index (κ2) is 10.4. The molecule has 0 saturated heterocycles. The van der Waals surface area contributed by atoms with Crippen molar-refractivity contribution in [3.8, 4) is 0 Å². The summed E-state index contributed by atoms with van der Waals surface area (Å²) in [6.45, 7) is 0. The normalized spacial score (nSPS) is 10.2. The maximum Gasteiger partial charge on any atom is 0.337 e. The minimum absolute atomic E-state index is 0.00367. The maximum atomic E-state index is 12.0. The lowest BCUT2D eigenvalue weighted by atomic mass is 10.1. The molecular weight excluding hydrogens is 444 g/mol. The van der Waals surface area contributed by atoms with Gasteiger partial charge in [-0.1, -0.05) is 28.1 Å². The molecule has 0 aliphatic rings. The average Bonchev–Trinajstić information content (AvgIpc) is 2.66. The lowest BCUT2D eigenvalue weighted by Gasteiger charge is -2.10. The first kappa shape index (κ1) is 22.1. The number of hydrogen-bond donors (Lipinski definition) is 4. The van der Waals surface area contributed by atoms with Crippen LogP contribution in [0.4, 0.5) is 11.4 Å². The number of para-hydroxylation sites is 1. The third-order valence-electron chi connectivity index (χ3n) is 3.98. The van der Waals surface area contributed by atoms with E-state index < -0.39 is 11.9 Å².